The quantitative estimate of drug-likeness (QED) is 0.676. The number of ether oxygens (including phenoxy) is 1. The Morgan fingerprint density at radius 2 is 1.62 bits per heavy atom. The highest BCUT2D eigenvalue weighted by Crippen LogP contribution is 2.44. The first kappa shape index (κ1) is 22.4. The van der Waals surface area contributed by atoms with Gasteiger partial charge >= 0.3 is 12.1 Å². The van der Waals surface area contributed by atoms with Gasteiger partial charge in [0.2, 0.25) is 5.91 Å². The molecule has 2 unspecified atom stereocenters. The number of nitrogens with zero attached hydrogens (tertiary/aromatic N) is 1. The van der Waals surface area contributed by atoms with E-state index in [1.54, 1.807) is 0 Å². The zero-order valence-corrected chi connectivity index (χ0v) is 19.1. The van der Waals surface area contributed by atoms with Crippen molar-refractivity contribution in [1.82, 2.24) is 10.2 Å². The molecule has 1 saturated carbocycles. The molecular weight excluding hydrogens is 432 g/mol. The van der Waals surface area contributed by atoms with Gasteiger partial charge in [0.1, 0.15) is 12.6 Å². The van der Waals surface area contributed by atoms with Gasteiger partial charge in [0, 0.05) is 24.9 Å². The van der Waals surface area contributed by atoms with Crippen molar-refractivity contribution in [2.45, 2.75) is 44.1 Å². The molecule has 0 aromatic heterocycles. The Bertz CT molecular complexity index is 1050. The van der Waals surface area contributed by atoms with Crippen molar-refractivity contribution >= 4 is 18.0 Å². The van der Waals surface area contributed by atoms with E-state index in [0.29, 0.717) is 19.5 Å². The maximum Gasteiger partial charge on any atom is 0.407 e. The highest BCUT2D eigenvalue weighted by molar-refractivity contribution is 5.86. The Kier molecular flexibility index (Phi) is 6.26. The van der Waals surface area contributed by atoms with Crippen LogP contribution >= 0.6 is 0 Å². The first-order chi connectivity index (χ1) is 16.5. The second-order valence-corrected chi connectivity index (χ2v) is 9.53. The van der Waals surface area contributed by atoms with Crippen LogP contribution in [0.15, 0.2) is 48.5 Å². The fourth-order valence-electron chi connectivity index (χ4n) is 5.97. The number of hydrogen-bond acceptors (Lipinski definition) is 4. The van der Waals surface area contributed by atoms with Crippen LogP contribution in [0, 0.1) is 11.8 Å². The molecule has 2 aliphatic carbocycles. The lowest BCUT2D eigenvalue weighted by Crippen LogP contribution is -2.45. The molecule has 34 heavy (non-hydrogen) atoms. The van der Waals surface area contributed by atoms with Crippen LogP contribution in [0.4, 0.5) is 4.79 Å². The monoisotopic (exact) mass is 462 g/mol. The van der Waals surface area contributed by atoms with Gasteiger partial charge in [-0.3, -0.25) is 4.79 Å². The van der Waals surface area contributed by atoms with Crippen LogP contribution in [0.1, 0.15) is 49.1 Å². The smallest absolute Gasteiger partial charge is 0.407 e. The van der Waals surface area contributed by atoms with Crippen LogP contribution in [0.3, 0.4) is 0 Å². The number of hydrogen-bond donors (Lipinski definition) is 2. The summed E-state index contributed by atoms with van der Waals surface area (Å²) in [4.78, 5) is 38.6. The zero-order valence-electron chi connectivity index (χ0n) is 19.1. The highest BCUT2D eigenvalue weighted by atomic mass is 16.5. The number of aliphatic carboxylic acids is 1. The SMILES string of the molecule is O=C(NCC1CCCC1C(=O)N1CCC[C@@H]1C(=O)O)OCC1c2ccccc2-c2ccccc21. The van der Waals surface area contributed by atoms with Crippen LogP contribution in [-0.4, -0.2) is 53.7 Å². The van der Waals surface area contributed by atoms with E-state index < -0.39 is 18.1 Å². The van der Waals surface area contributed by atoms with E-state index in [0.717, 1.165) is 36.8 Å². The van der Waals surface area contributed by atoms with Gasteiger partial charge in [-0.1, -0.05) is 55.0 Å². The Balaban J connectivity index is 1.17. The van der Waals surface area contributed by atoms with E-state index in [1.807, 2.05) is 24.3 Å². The van der Waals surface area contributed by atoms with Gasteiger partial charge in [-0.05, 0) is 53.9 Å². The molecule has 3 aliphatic rings. The maximum absolute atomic E-state index is 13.1. The molecule has 1 saturated heterocycles. The summed E-state index contributed by atoms with van der Waals surface area (Å²) in [5.41, 5.74) is 4.69. The van der Waals surface area contributed by atoms with E-state index in [1.165, 1.54) is 16.0 Å². The number of amides is 2. The molecule has 2 amide bonds. The van der Waals surface area contributed by atoms with Crippen molar-refractivity contribution in [3.63, 3.8) is 0 Å². The lowest BCUT2D eigenvalue weighted by Gasteiger charge is -2.28. The van der Waals surface area contributed by atoms with Gasteiger partial charge in [0.05, 0.1) is 0 Å². The van der Waals surface area contributed by atoms with Crippen LogP contribution in [-0.2, 0) is 14.3 Å². The number of fused-ring (bicyclic) bond motifs is 3. The number of carboxylic acid groups (broad SMARTS) is 1. The highest BCUT2D eigenvalue weighted by Gasteiger charge is 2.41. The minimum Gasteiger partial charge on any atom is -0.480 e. The van der Waals surface area contributed by atoms with Crippen molar-refractivity contribution in [2.24, 2.45) is 11.8 Å². The van der Waals surface area contributed by atoms with E-state index in [9.17, 15) is 19.5 Å². The third kappa shape index (κ3) is 4.15. The van der Waals surface area contributed by atoms with Crippen LogP contribution in [0.2, 0.25) is 0 Å². The van der Waals surface area contributed by atoms with Gasteiger partial charge in [0.25, 0.3) is 0 Å². The van der Waals surface area contributed by atoms with Crippen LogP contribution < -0.4 is 5.32 Å². The van der Waals surface area contributed by atoms with Crippen molar-refractivity contribution in [2.75, 3.05) is 19.7 Å². The number of benzene rings is 2. The number of carbonyl (C=O) groups is 3. The Morgan fingerprint density at radius 3 is 2.29 bits per heavy atom. The van der Waals surface area contributed by atoms with Crippen molar-refractivity contribution in [1.29, 1.82) is 0 Å². The molecule has 3 atom stereocenters. The average molecular weight is 463 g/mol. The normalized spacial score (nSPS) is 23.4. The predicted molar refractivity (Wildman–Crippen MR) is 126 cm³/mol. The Labute approximate surface area is 199 Å². The van der Waals surface area contributed by atoms with E-state index in [4.69, 9.17) is 4.74 Å². The van der Waals surface area contributed by atoms with Gasteiger partial charge < -0.3 is 20.1 Å². The number of carbonyl (C=O) groups excluding carboxylic acids is 2. The van der Waals surface area contributed by atoms with E-state index >= 15 is 0 Å². The van der Waals surface area contributed by atoms with Gasteiger partial charge in [-0.15, -0.1) is 0 Å². The number of alkyl carbamates (subject to hydrolysis) is 1. The molecule has 1 heterocycles. The standard InChI is InChI=1S/C27H30N2O5/c30-25(29-14-6-13-24(29)26(31)32)18-12-5-7-17(18)15-28-27(33)34-16-23-21-10-3-1-8-19(21)20-9-2-4-11-22(20)23/h1-4,8-11,17-18,23-24H,5-7,12-16H2,(H,28,33)(H,31,32)/t17?,18?,24-/m1/s1. The molecule has 2 aromatic carbocycles. The molecule has 0 bridgehead atoms. The summed E-state index contributed by atoms with van der Waals surface area (Å²) in [6.07, 6.45) is 3.22. The second-order valence-electron chi connectivity index (χ2n) is 9.53. The fraction of sp³-hybridized carbons (Fsp3) is 0.444. The molecule has 7 heteroatoms. The number of nitrogens with one attached hydrogen (secondary N) is 1. The third-order valence-corrected chi connectivity index (χ3v) is 7.65. The molecule has 7 nitrogen and oxygen atoms in total. The minimum atomic E-state index is -0.933. The van der Waals surface area contributed by atoms with Gasteiger partial charge in [0.15, 0.2) is 0 Å². The Hall–Kier alpha value is -3.35. The summed E-state index contributed by atoms with van der Waals surface area (Å²) in [5.74, 6) is -1.25. The number of carboxylic acids is 1. The Morgan fingerprint density at radius 1 is 0.941 bits per heavy atom. The summed E-state index contributed by atoms with van der Waals surface area (Å²) in [6, 6.07) is 15.7. The van der Waals surface area contributed by atoms with Gasteiger partial charge in [-0.2, -0.15) is 0 Å². The molecule has 2 fully saturated rings. The summed E-state index contributed by atoms with van der Waals surface area (Å²) < 4.78 is 5.62. The number of likely N-dealkylation sites (tertiary alicyclic amines) is 1. The lowest BCUT2D eigenvalue weighted by atomic mass is 9.94. The fourth-order valence-corrected chi connectivity index (χ4v) is 5.97. The molecule has 2 N–H and O–H groups in total. The summed E-state index contributed by atoms with van der Waals surface area (Å²) in [7, 11) is 0. The van der Waals surface area contributed by atoms with Gasteiger partial charge in [-0.25, -0.2) is 9.59 Å². The largest absolute Gasteiger partial charge is 0.480 e. The summed E-state index contributed by atoms with van der Waals surface area (Å²) in [5, 5.41) is 12.3. The molecular formula is C27H30N2O5. The summed E-state index contributed by atoms with van der Waals surface area (Å²) >= 11 is 0. The lowest BCUT2D eigenvalue weighted by molar-refractivity contribution is -0.150. The molecule has 1 aliphatic heterocycles. The summed E-state index contributed by atoms with van der Waals surface area (Å²) in [6.45, 7) is 1.11. The molecule has 5 rings (SSSR count). The third-order valence-electron chi connectivity index (χ3n) is 7.65. The maximum atomic E-state index is 13.1. The molecule has 178 valence electrons. The van der Waals surface area contributed by atoms with Crippen molar-refractivity contribution in [3.05, 3.63) is 59.7 Å². The molecule has 0 spiro atoms. The molecule has 2 aromatic rings. The second kappa shape index (κ2) is 9.49. The topological polar surface area (TPSA) is 95.9 Å². The number of rotatable bonds is 6. The van der Waals surface area contributed by atoms with E-state index in [-0.39, 0.29) is 30.3 Å². The first-order valence-electron chi connectivity index (χ1n) is 12.2. The van der Waals surface area contributed by atoms with Crippen molar-refractivity contribution < 1.29 is 24.2 Å². The van der Waals surface area contributed by atoms with Crippen LogP contribution in [0.5, 0.6) is 0 Å². The predicted octanol–water partition coefficient (Wildman–Crippen LogP) is 4.02. The van der Waals surface area contributed by atoms with Crippen molar-refractivity contribution in [3.8, 4) is 11.1 Å². The molecule has 0 radical (unpaired) electrons. The zero-order chi connectivity index (χ0) is 23.7. The minimum absolute atomic E-state index is 0.00192. The average Bonchev–Trinajstić information content (AvgIpc) is 3.59. The van der Waals surface area contributed by atoms with Crippen LogP contribution in [0.25, 0.3) is 11.1 Å². The first-order valence-corrected chi connectivity index (χ1v) is 12.2. The van der Waals surface area contributed by atoms with E-state index in [2.05, 4.69) is 29.6 Å².